The Labute approximate surface area is 209 Å². The van der Waals surface area contributed by atoms with E-state index in [1.54, 1.807) is 6.55 Å². The Balaban J connectivity index is 1.77. The van der Waals surface area contributed by atoms with Crippen molar-refractivity contribution in [2.75, 3.05) is 0 Å². The molecule has 0 aromatic heterocycles. The summed E-state index contributed by atoms with van der Waals surface area (Å²) in [6.07, 6.45) is 0. The zero-order valence-electron chi connectivity index (χ0n) is 21.6. The third-order valence-electron chi connectivity index (χ3n) is 5.61. The molecule has 0 bridgehead atoms. The molecule has 0 heterocycles. The highest BCUT2D eigenvalue weighted by Gasteiger charge is 2.46. The van der Waals surface area contributed by atoms with Gasteiger partial charge in [0.2, 0.25) is 0 Å². The van der Waals surface area contributed by atoms with E-state index < -0.39 is 25.6 Å². The summed E-state index contributed by atoms with van der Waals surface area (Å²) in [5, 5.41) is 0. The summed E-state index contributed by atoms with van der Waals surface area (Å²) in [7, 11) is -3.64. The molecule has 0 saturated heterocycles. The number of rotatable bonds is 12. The molecular weight excluding hydrogens is 460 g/mol. The van der Waals surface area contributed by atoms with Crippen LogP contribution in [0.4, 0.5) is 0 Å². The number of hydrogen-bond donors (Lipinski definition) is 0. The maximum atomic E-state index is 5.87. The molecule has 0 N–H and O–H groups in total. The molecule has 0 aliphatic carbocycles. The third-order valence-corrected chi connectivity index (χ3v) is 6.77. The van der Waals surface area contributed by atoms with Gasteiger partial charge in [-0.25, -0.2) is 28.4 Å². The van der Waals surface area contributed by atoms with E-state index in [1.807, 2.05) is 133 Å². The zero-order valence-corrected chi connectivity index (χ0v) is 22.6. The summed E-state index contributed by atoms with van der Waals surface area (Å²) in [5.74, 6) is 0. The summed E-state index contributed by atoms with van der Waals surface area (Å²) in [6, 6.07) is 29.3. The van der Waals surface area contributed by atoms with Crippen LogP contribution in [0.2, 0.25) is 6.55 Å². The lowest BCUT2D eigenvalue weighted by Gasteiger charge is -2.34. The molecule has 3 aromatic carbocycles. The van der Waals surface area contributed by atoms with Gasteiger partial charge in [0.05, 0.1) is 0 Å². The second-order valence-electron chi connectivity index (χ2n) is 9.99. The first-order chi connectivity index (χ1) is 16.4. The first-order valence-corrected chi connectivity index (χ1v) is 13.9. The molecule has 0 atom stereocenters. The molecule has 3 rings (SSSR count). The van der Waals surface area contributed by atoms with Gasteiger partial charge in [-0.05, 0) is 58.2 Å². The molecule has 0 unspecified atom stereocenters. The van der Waals surface area contributed by atoms with Crippen molar-refractivity contribution < 1.29 is 28.4 Å². The molecule has 7 heteroatoms. The SMILES string of the molecule is CC(C)(OO[Si](C)(OOC(C)(C)c1ccccc1)OOC(C)(C)c1ccccc1)c1ccccc1. The lowest BCUT2D eigenvalue weighted by Crippen LogP contribution is -2.47. The number of hydrogen-bond acceptors (Lipinski definition) is 6. The second-order valence-corrected chi connectivity index (χ2v) is 12.2. The molecule has 0 amide bonds. The molecule has 188 valence electrons. The first kappa shape index (κ1) is 27.2. The fourth-order valence-corrected chi connectivity index (χ4v) is 4.41. The largest absolute Gasteiger partial charge is 0.581 e. The fraction of sp³-hybridized carbons (Fsp3) is 0.357. The highest BCUT2D eigenvalue weighted by molar-refractivity contribution is 6.58. The fourth-order valence-electron chi connectivity index (χ4n) is 3.24. The standard InChI is InChI=1S/C28H36O6Si/c1-26(2,23-17-11-8-12-18-23)29-32-35(7,33-30-27(3,4)24-19-13-9-14-20-24)34-31-28(5,6)25-21-15-10-16-22-25/h8-22H,1-7H3. The van der Waals surface area contributed by atoms with Crippen molar-refractivity contribution in [1.82, 2.24) is 0 Å². The summed E-state index contributed by atoms with van der Waals surface area (Å²) in [5.41, 5.74) is 0.497. The summed E-state index contributed by atoms with van der Waals surface area (Å²) < 4.78 is 17.6. The van der Waals surface area contributed by atoms with Gasteiger partial charge in [0.1, 0.15) is 16.8 Å². The van der Waals surface area contributed by atoms with Crippen LogP contribution in [0.3, 0.4) is 0 Å². The minimum Gasteiger partial charge on any atom is -0.232 e. The van der Waals surface area contributed by atoms with Gasteiger partial charge in [-0.3, -0.25) is 0 Å². The molecule has 6 nitrogen and oxygen atoms in total. The lowest BCUT2D eigenvalue weighted by atomic mass is 9.99. The van der Waals surface area contributed by atoms with E-state index in [2.05, 4.69) is 0 Å². The predicted octanol–water partition coefficient (Wildman–Crippen LogP) is 7.21. The molecule has 0 fully saturated rings. The van der Waals surface area contributed by atoms with Gasteiger partial charge in [0.25, 0.3) is 0 Å². The van der Waals surface area contributed by atoms with E-state index in [0.717, 1.165) is 16.7 Å². The maximum absolute atomic E-state index is 5.87. The lowest BCUT2D eigenvalue weighted by molar-refractivity contribution is -0.417. The number of benzene rings is 3. The Morgan fingerprint density at radius 2 is 0.657 bits per heavy atom. The Morgan fingerprint density at radius 1 is 0.429 bits per heavy atom. The normalized spacial score (nSPS) is 13.1. The molecule has 0 radical (unpaired) electrons. The van der Waals surface area contributed by atoms with Crippen molar-refractivity contribution in [2.24, 2.45) is 0 Å². The molecule has 0 saturated carbocycles. The second kappa shape index (κ2) is 11.1. The van der Waals surface area contributed by atoms with Crippen LogP contribution in [0.15, 0.2) is 91.0 Å². The summed E-state index contributed by atoms with van der Waals surface area (Å²) >= 11 is 0. The molecule has 0 aliphatic rings. The van der Waals surface area contributed by atoms with Gasteiger partial charge in [-0.1, -0.05) is 91.0 Å². The third kappa shape index (κ3) is 7.56. The average Bonchev–Trinajstić information content (AvgIpc) is 2.87. The van der Waals surface area contributed by atoms with Crippen molar-refractivity contribution in [3.05, 3.63) is 108 Å². The van der Waals surface area contributed by atoms with Crippen LogP contribution in [-0.4, -0.2) is 8.80 Å². The predicted molar refractivity (Wildman–Crippen MR) is 137 cm³/mol. The van der Waals surface area contributed by atoms with Crippen molar-refractivity contribution in [3.63, 3.8) is 0 Å². The van der Waals surface area contributed by atoms with E-state index in [1.165, 1.54) is 0 Å². The molecular formula is C28H36O6Si. The quantitative estimate of drug-likeness (QED) is 0.150. The monoisotopic (exact) mass is 496 g/mol. The first-order valence-electron chi connectivity index (χ1n) is 11.7. The van der Waals surface area contributed by atoms with Gasteiger partial charge >= 0.3 is 8.80 Å². The highest BCUT2D eigenvalue weighted by atomic mass is 28.4. The van der Waals surface area contributed by atoms with Crippen molar-refractivity contribution in [2.45, 2.75) is 64.9 Å². The minimum atomic E-state index is -3.64. The summed E-state index contributed by atoms with van der Waals surface area (Å²) in [6.45, 7) is 13.1. The Morgan fingerprint density at radius 3 is 0.886 bits per heavy atom. The van der Waals surface area contributed by atoms with E-state index in [4.69, 9.17) is 28.4 Å². The van der Waals surface area contributed by atoms with Gasteiger partial charge in [-0.2, -0.15) is 0 Å². The van der Waals surface area contributed by atoms with E-state index >= 15 is 0 Å². The van der Waals surface area contributed by atoms with Crippen LogP contribution in [0.5, 0.6) is 0 Å². The Kier molecular flexibility index (Phi) is 8.66. The smallest absolute Gasteiger partial charge is 0.232 e. The average molecular weight is 497 g/mol. The maximum Gasteiger partial charge on any atom is 0.581 e. The minimum absolute atomic E-state index is 0.772. The van der Waals surface area contributed by atoms with Gasteiger partial charge in [0, 0.05) is 6.55 Å². The van der Waals surface area contributed by atoms with Gasteiger partial charge in [-0.15, -0.1) is 0 Å². The molecule has 3 aromatic rings. The van der Waals surface area contributed by atoms with Crippen molar-refractivity contribution >= 4 is 8.80 Å². The Hall–Kier alpha value is -2.36. The van der Waals surface area contributed by atoms with Crippen LogP contribution < -0.4 is 0 Å². The molecule has 0 aliphatic heterocycles. The van der Waals surface area contributed by atoms with Gasteiger partial charge < -0.3 is 0 Å². The van der Waals surface area contributed by atoms with Crippen molar-refractivity contribution in [3.8, 4) is 0 Å². The topological polar surface area (TPSA) is 55.4 Å². The van der Waals surface area contributed by atoms with Crippen LogP contribution in [0.1, 0.15) is 58.2 Å². The highest BCUT2D eigenvalue weighted by Crippen LogP contribution is 2.32. The molecule has 0 spiro atoms. The molecule has 35 heavy (non-hydrogen) atoms. The Bertz CT molecular complexity index is 904. The van der Waals surface area contributed by atoms with Crippen LogP contribution in [-0.2, 0) is 45.2 Å². The van der Waals surface area contributed by atoms with Crippen LogP contribution >= 0.6 is 0 Å². The van der Waals surface area contributed by atoms with Crippen LogP contribution in [0, 0.1) is 0 Å². The van der Waals surface area contributed by atoms with E-state index in [9.17, 15) is 0 Å². The summed E-state index contributed by atoms with van der Waals surface area (Å²) in [4.78, 5) is 17.6. The van der Waals surface area contributed by atoms with E-state index in [-0.39, 0.29) is 0 Å². The van der Waals surface area contributed by atoms with Crippen molar-refractivity contribution in [1.29, 1.82) is 0 Å². The van der Waals surface area contributed by atoms with E-state index in [0.29, 0.717) is 0 Å². The van der Waals surface area contributed by atoms with Gasteiger partial charge in [0.15, 0.2) is 0 Å². The van der Waals surface area contributed by atoms with Crippen LogP contribution in [0.25, 0.3) is 0 Å². The zero-order chi connectivity index (χ0) is 25.6.